The topological polar surface area (TPSA) is 60.5 Å². The van der Waals surface area contributed by atoms with Gasteiger partial charge in [-0.2, -0.15) is 0 Å². The van der Waals surface area contributed by atoms with Crippen molar-refractivity contribution in [1.82, 2.24) is 4.98 Å². The van der Waals surface area contributed by atoms with Crippen LogP contribution in [-0.2, 0) is 16.0 Å². The zero-order valence-corrected chi connectivity index (χ0v) is 11.8. The van der Waals surface area contributed by atoms with Crippen molar-refractivity contribution in [3.8, 4) is 17.0 Å². The number of fused-ring (bicyclic) bond motifs is 1. The van der Waals surface area contributed by atoms with Crippen molar-refractivity contribution < 1.29 is 14.3 Å². The predicted molar refractivity (Wildman–Crippen MR) is 77.3 cm³/mol. The number of nitrogens with zero attached hydrogens (tertiary/aromatic N) is 1. The van der Waals surface area contributed by atoms with Gasteiger partial charge in [0.1, 0.15) is 12.4 Å². The van der Waals surface area contributed by atoms with E-state index in [1.807, 2.05) is 17.5 Å². The first-order chi connectivity index (χ1) is 9.76. The van der Waals surface area contributed by atoms with E-state index in [1.54, 1.807) is 0 Å². The molecule has 0 spiro atoms. The van der Waals surface area contributed by atoms with Crippen molar-refractivity contribution in [3.05, 3.63) is 29.1 Å². The molecule has 5 nitrogen and oxygen atoms in total. The highest BCUT2D eigenvalue weighted by atomic mass is 32.1. The minimum atomic E-state index is -0.198. The van der Waals surface area contributed by atoms with E-state index in [-0.39, 0.29) is 12.5 Å². The molecule has 2 heterocycles. The van der Waals surface area contributed by atoms with Crippen molar-refractivity contribution in [2.45, 2.75) is 6.42 Å². The van der Waals surface area contributed by atoms with Crippen LogP contribution < -0.4 is 10.1 Å². The highest BCUT2D eigenvalue weighted by Crippen LogP contribution is 2.31. The van der Waals surface area contributed by atoms with Crippen LogP contribution in [0.3, 0.4) is 0 Å². The number of carbonyl (C=O) groups is 1. The third-order valence-electron chi connectivity index (χ3n) is 3.01. The molecule has 1 aromatic carbocycles. The number of carbonyl (C=O) groups excluding carboxylic acids is 1. The molecule has 0 fully saturated rings. The number of methoxy groups -OCH3 is 1. The molecular weight excluding hydrogens is 276 g/mol. The highest BCUT2D eigenvalue weighted by Gasteiger charge is 2.14. The first-order valence-corrected chi connectivity index (χ1v) is 7.14. The fourth-order valence-electron chi connectivity index (χ4n) is 2.10. The maximum absolute atomic E-state index is 11.4. The van der Waals surface area contributed by atoms with Crippen LogP contribution in [0, 0.1) is 0 Å². The maximum Gasteiger partial charge on any atom is 0.252 e. The molecule has 2 aromatic rings. The molecule has 6 heteroatoms. The number of benzene rings is 1. The standard InChI is InChI=1S/C14H14N2O3S/c1-18-7-13(17)16-14-15-11(8-20-14)9-2-3-12-10(6-9)4-5-19-12/h2-3,6,8H,4-5,7H2,1H3,(H,15,16,17). The van der Waals surface area contributed by atoms with E-state index >= 15 is 0 Å². The van der Waals surface area contributed by atoms with E-state index in [4.69, 9.17) is 9.47 Å². The summed E-state index contributed by atoms with van der Waals surface area (Å²) in [6.45, 7) is 0.777. The van der Waals surface area contributed by atoms with E-state index in [0.717, 1.165) is 30.0 Å². The largest absolute Gasteiger partial charge is 0.493 e. The molecule has 0 saturated carbocycles. The Kier molecular flexibility index (Phi) is 3.66. The van der Waals surface area contributed by atoms with Gasteiger partial charge < -0.3 is 9.47 Å². The molecule has 20 heavy (non-hydrogen) atoms. The summed E-state index contributed by atoms with van der Waals surface area (Å²) in [5, 5.41) is 5.22. The molecule has 0 aliphatic carbocycles. The lowest BCUT2D eigenvalue weighted by Crippen LogP contribution is -2.16. The zero-order valence-electron chi connectivity index (χ0n) is 11.0. The number of hydrogen-bond acceptors (Lipinski definition) is 5. The Morgan fingerprint density at radius 1 is 1.55 bits per heavy atom. The number of aromatic nitrogens is 1. The summed E-state index contributed by atoms with van der Waals surface area (Å²) in [5.41, 5.74) is 3.11. The fourth-order valence-corrected chi connectivity index (χ4v) is 2.83. The van der Waals surface area contributed by atoms with Crippen molar-refractivity contribution in [3.63, 3.8) is 0 Å². The van der Waals surface area contributed by atoms with Gasteiger partial charge in [-0.15, -0.1) is 11.3 Å². The van der Waals surface area contributed by atoms with Crippen molar-refractivity contribution in [1.29, 1.82) is 0 Å². The summed E-state index contributed by atoms with van der Waals surface area (Å²) < 4.78 is 10.3. The summed E-state index contributed by atoms with van der Waals surface area (Å²) in [4.78, 5) is 15.8. The summed E-state index contributed by atoms with van der Waals surface area (Å²) in [5.74, 6) is 0.758. The van der Waals surface area contributed by atoms with Gasteiger partial charge in [0.15, 0.2) is 5.13 Å². The number of ether oxygens (including phenoxy) is 2. The highest BCUT2D eigenvalue weighted by molar-refractivity contribution is 7.14. The Balaban J connectivity index is 1.78. The van der Waals surface area contributed by atoms with Crippen LogP contribution in [0.15, 0.2) is 23.6 Å². The zero-order chi connectivity index (χ0) is 13.9. The van der Waals surface area contributed by atoms with Crippen LogP contribution in [-0.4, -0.2) is 31.2 Å². The van der Waals surface area contributed by atoms with Crippen LogP contribution in [0.1, 0.15) is 5.56 Å². The van der Waals surface area contributed by atoms with E-state index in [0.29, 0.717) is 5.13 Å². The van der Waals surface area contributed by atoms with E-state index in [9.17, 15) is 4.79 Å². The Hall–Kier alpha value is -1.92. The smallest absolute Gasteiger partial charge is 0.252 e. The van der Waals surface area contributed by atoms with Crippen LogP contribution in [0.5, 0.6) is 5.75 Å². The number of rotatable bonds is 4. The van der Waals surface area contributed by atoms with Gasteiger partial charge in [-0.25, -0.2) is 4.98 Å². The second kappa shape index (κ2) is 5.60. The maximum atomic E-state index is 11.4. The summed E-state index contributed by atoms with van der Waals surface area (Å²) in [6.07, 6.45) is 0.935. The molecule has 0 bridgehead atoms. The average molecular weight is 290 g/mol. The second-order valence-corrected chi connectivity index (χ2v) is 5.30. The molecular formula is C14H14N2O3S. The Bertz CT molecular complexity index is 639. The third kappa shape index (κ3) is 2.66. The Morgan fingerprint density at radius 2 is 2.45 bits per heavy atom. The molecule has 3 rings (SSSR count). The third-order valence-corrected chi connectivity index (χ3v) is 3.77. The molecule has 0 unspecified atom stereocenters. The lowest BCUT2D eigenvalue weighted by atomic mass is 10.1. The van der Waals surface area contributed by atoms with Gasteiger partial charge >= 0.3 is 0 Å². The molecule has 0 atom stereocenters. The van der Waals surface area contributed by atoms with Gasteiger partial charge in [-0.1, -0.05) is 0 Å². The monoisotopic (exact) mass is 290 g/mol. The summed E-state index contributed by atoms with van der Waals surface area (Å²) >= 11 is 1.40. The normalized spacial score (nSPS) is 12.8. The Morgan fingerprint density at radius 3 is 3.30 bits per heavy atom. The first kappa shape index (κ1) is 13.1. The van der Waals surface area contributed by atoms with Crippen LogP contribution in [0.25, 0.3) is 11.3 Å². The van der Waals surface area contributed by atoms with Crippen molar-refractivity contribution in [2.24, 2.45) is 0 Å². The van der Waals surface area contributed by atoms with E-state index in [1.165, 1.54) is 24.0 Å². The fraction of sp³-hybridized carbons (Fsp3) is 0.286. The number of nitrogens with one attached hydrogen (secondary N) is 1. The van der Waals surface area contributed by atoms with Gasteiger partial charge in [-0.3, -0.25) is 10.1 Å². The van der Waals surface area contributed by atoms with Crippen molar-refractivity contribution in [2.75, 3.05) is 25.6 Å². The molecule has 1 aliphatic heterocycles. The quantitative estimate of drug-likeness (QED) is 0.939. The molecule has 1 N–H and O–H groups in total. The Labute approximate surface area is 120 Å². The molecule has 1 aromatic heterocycles. The van der Waals surface area contributed by atoms with Crippen LogP contribution in [0.4, 0.5) is 5.13 Å². The molecule has 0 saturated heterocycles. The molecule has 1 amide bonds. The average Bonchev–Trinajstić information content (AvgIpc) is 3.06. The number of amides is 1. The minimum absolute atomic E-state index is 0.0328. The van der Waals surface area contributed by atoms with E-state index < -0.39 is 0 Å². The van der Waals surface area contributed by atoms with Crippen LogP contribution >= 0.6 is 11.3 Å². The molecule has 104 valence electrons. The number of thiazole rings is 1. The number of anilines is 1. The van der Waals surface area contributed by atoms with Crippen LogP contribution in [0.2, 0.25) is 0 Å². The minimum Gasteiger partial charge on any atom is -0.493 e. The SMILES string of the molecule is COCC(=O)Nc1nc(-c2ccc3c(c2)CCO3)cs1. The lowest BCUT2D eigenvalue weighted by Gasteiger charge is -2.01. The molecule has 1 aliphatic rings. The van der Waals surface area contributed by atoms with Gasteiger partial charge in [-0.05, 0) is 23.8 Å². The van der Waals surface area contributed by atoms with Gasteiger partial charge in [0.2, 0.25) is 0 Å². The lowest BCUT2D eigenvalue weighted by molar-refractivity contribution is -0.119. The van der Waals surface area contributed by atoms with E-state index in [2.05, 4.69) is 16.4 Å². The first-order valence-electron chi connectivity index (χ1n) is 6.26. The number of hydrogen-bond donors (Lipinski definition) is 1. The summed E-state index contributed by atoms with van der Waals surface area (Å²) in [6, 6.07) is 6.05. The predicted octanol–water partition coefficient (Wildman–Crippen LogP) is 2.33. The second-order valence-electron chi connectivity index (χ2n) is 4.44. The van der Waals surface area contributed by atoms with Gasteiger partial charge in [0, 0.05) is 24.5 Å². The van der Waals surface area contributed by atoms with Gasteiger partial charge in [0.25, 0.3) is 5.91 Å². The van der Waals surface area contributed by atoms with Crippen molar-refractivity contribution >= 4 is 22.4 Å². The summed E-state index contributed by atoms with van der Waals surface area (Å²) in [7, 11) is 1.49. The molecule has 0 radical (unpaired) electrons. The van der Waals surface area contributed by atoms with Gasteiger partial charge in [0.05, 0.1) is 12.3 Å².